The maximum Gasteiger partial charge on any atom is 0.115 e. The highest BCUT2D eigenvalue weighted by Crippen LogP contribution is 2.18. The minimum atomic E-state index is 0.598. The second-order valence-corrected chi connectivity index (χ2v) is 4.28. The Labute approximate surface area is 113 Å². The average Bonchev–Trinajstić information content (AvgIpc) is 2.46. The molecule has 0 heterocycles. The van der Waals surface area contributed by atoms with E-state index in [9.17, 15) is 0 Å². The fourth-order valence-electron chi connectivity index (χ4n) is 2.05. The summed E-state index contributed by atoms with van der Waals surface area (Å²) in [6, 6.07) is 14.6. The highest BCUT2D eigenvalue weighted by atomic mass is 16.5. The Kier molecular flexibility index (Phi) is 4.89. The van der Waals surface area contributed by atoms with Crippen LogP contribution in [-0.2, 0) is 11.2 Å². The Morgan fingerprint density at radius 3 is 2.79 bits per heavy atom. The van der Waals surface area contributed by atoms with Crippen LogP contribution in [0, 0.1) is 0 Å². The lowest BCUT2D eigenvalue weighted by molar-refractivity contribution is 0.208. The number of aliphatic imine (C=N–C) groups is 1. The molecule has 0 aromatic heterocycles. The third kappa shape index (κ3) is 3.53. The molecule has 0 radical (unpaired) electrons. The van der Waals surface area contributed by atoms with Crippen LogP contribution in [0.1, 0.15) is 5.56 Å². The zero-order valence-corrected chi connectivity index (χ0v) is 11.1. The van der Waals surface area contributed by atoms with Crippen molar-refractivity contribution >= 4 is 16.6 Å². The van der Waals surface area contributed by atoms with Gasteiger partial charge in [-0.25, -0.2) is 5.84 Å². The molecule has 2 aromatic carbocycles. The molecule has 3 N–H and O–H groups in total. The van der Waals surface area contributed by atoms with E-state index in [1.807, 2.05) is 12.1 Å². The minimum Gasteiger partial charge on any atom is -0.383 e. The van der Waals surface area contributed by atoms with E-state index in [4.69, 9.17) is 10.6 Å². The standard InChI is InChI=1S/C15H19N3O/c1-19-10-9-17-15(18-16)11-13-7-4-6-12-5-2-3-8-14(12)13/h2-8H,9-11,16H2,1H3,(H,17,18). The van der Waals surface area contributed by atoms with Crippen LogP contribution in [0.15, 0.2) is 47.5 Å². The van der Waals surface area contributed by atoms with Crippen LogP contribution in [0.3, 0.4) is 0 Å². The molecule has 4 heteroatoms. The van der Waals surface area contributed by atoms with Crippen LogP contribution in [0.25, 0.3) is 10.8 Å². The summed E-state index contributed by atoms with van der Waals surface area (Å²) < 4.78 is 4.98. The van der Waals surface area contributed by atoms with Gasteiger partial charge in [-0.2, -0.15) is 0 Å². The second-order valence-electron chi connectivity index (χ2n) is 4.28. The zero-order chi connectivity index (χ0) is 13.5. The smallest absolute Gasteiger partial charge is 0.115 e. The number of ether oxygens (including phenoxy) is 1. The maximum absolute atomic E-state index is 5.53. The highest BCUT2D eigenvalue weighted by molar-refractivity contribution is 5.91. The number of hydrogen-bond acceptors (Lipinski definition) is 3. The normalized spacial score (nSPS) is 11.8. The number of benzene rings is 2. The van der Waals surface area contributed by atoms with E-state index >= 15 is 0 Å². The first kappa shape index (κ1) is 13.5. The summed E-state index contributed by atoms with van der Waals surface area (Å²) in [5, 5.41) is 2.47. The van der Waals surface area contributed by atoms with Gasteiger partial charge in [0.2, 0.25) is 0 Å². The topological polar surface area (TPSA) is 59.6 Å². The van der Waals surface area contributed by atoms with Crippen molar-refractivity contribution in [1.29, 1.82) is 0 Å². The lowest BCUT2D eigenvalue weighted by Crippen LogP contribution is -2.32. The molecule has 0 saturated heterocycles. The first-order valence-corrected chi connectivity index (χ1v) is 6.30. The summed E-state index contributed by atoms with van der Waals surface area (Å²) in [6.07, 6.45) is 0.696. The van der Waals surface area contributed by atoms with Crippen LogP contribution in [-0.4, -0.2) is 26.1 Å². The number of hydrogen-bond donors (Lipinski definition) is 2. The van der Waals surface area contributed by atoms with Crippen molar-refractivity contribution in [1.82, 2.24) is 5.43 Å². The van der Waals surface area contributed by atoms with E-state index in [0.29, 0.717) is 19.6 Å². The van der Waals surface area contributed by atoms with E-state index in [-0.39, 0.29) is 0 Å². The SMILES string of the molecule is COCCN=C(Cc1cccc2ccccc12)NN. The summed E-state index contributed by atoms with van der Waals surface area (Å²) in [4.78, 5) is 4.39. The van der Waals surface area contributed by atoms with Crippen molar-refractivity contribution in [3.8, 4) is 0 Å². The average molecular weight is 257 g/mol. The number of methoxy groups -OCH3 is 1. The Morgan fingerprint density at radius 1 is 1.21 bits per heavy atom. The Bertz CT molecular complexity index is 561. The van der Waals surface area contributed by atoms with E-state index in [1.54, 1.807) is 7.11 Å². The van der Waals surface area contributed by atoms with Gasteiger partial charge in [-0.15, -0.1) is 0 Å². The molecular weight excluding hydrogens is 238 g/mol. The van der Waals surface area contributed by atoms with Crippen LogP contribution in [0.4, 0.5) is 0 Å². The van der Waals surface area contributed by atoms with Crippen LogP contribution in [0.2, 0.25) is 0 Å². The monoisotopic (exact) mass is 257 g/mol. The number of nitrogens with one attached hydrogen (secondary N) is 1. The molecule has 2 aromatic rings. The van der Waals surface area contributed by atoms with Crippen molar-refractivity contribution in [2.24, 2.45) is 10.8 Å². The van der Waals surface area contributed by atoms with Gasteiger partial charge in [0.1, 0.15) is 5.84 Å². The molecule has 0 aliphatic rings. The third-order valence-corrected chi connectivity index (χ3v) is 3.00. The van der Waals surface area contributed by atoms with Crippen molar-refractivity contribution < 1.29 is 4.74 Å². The molecule has 0 spiro atoms. The lowest BCUT2D eigenvalue weighted by atomic mass is 10.0. The summed E-state index contributed by atoms with van der Waals surface area (Å²) in [6.45, 7) is 1.21. The van der Waals surface area contributed by atoms with Gasteiger partial charge in [-0.1, -0.05) is 42.5 Å². The second kappa shape index (κ2) is 6.87. The maximum atomic E-state index is 5.53. The van der Waals surface area contributed by atoms with Gasteiger partial charge in [0, 0.05) is 13.5 Å². The van der Waals surface area contributed by atoms with Gasteiger partial charge >= 0.3 is 0 Å². The predicted molar refractivity (Wildman–Crippen MR) is 79.2 cm³/mol. The van der Waals surface area contributed by atoms with Crippen molar-refractivity contribution in [2.45, 2.75) is 6.42 Å². The van der Waals surface area contributed by atoms with Gasteiger partial charge in [0.25, 0.3) is 0 Å². The summed E-state index contributed by atoms with van der Waals surface area (Å²) in [5.74, 6) is 6.30. The number of rotatable bonds is 5. The van der Waals surface area contributed by atoms with E-state index in [2.05, 4.69) is 40.8 Å². The molecule has 100 valence electrons. The third-order valence-electron chi connectivity index (χ3n) is 3.00. The molecule has 0 amide bonds. The first-order chi connectivity index (χ1) is 9.35. The Balaban J connectivity index is 2.22. The molecule has 0 unspecified atom stereocenters. The quantitative estimate of drug-likeness (QED) is 0.283. The van der Waals surface area contributed by atoms with Crippen LogP contribution >= 0.6 is 0 Å². The molecule has 19 heavy (non-hydrogen) atoms. The van der Waals surface area contributed by atoms with Gasteiger partial charge in [0.05, 0.1) is 13.2 Å². The van der Waals surface area contributed by atoms with Crippen LogP contribution in [0.5, 0.6) is 0 Å². The largest absolute Gasteiger partial charge is 0.383 e. The van der Waals surface area contributed by atoms with Crippen molar-refractivity contribution in [3.63, 3.8) is 0 Å². The summed E-state index contributed by atoms with van der Waals surface area (Å²) in [5.41, 5.74) is 3.88. The Hall–Kier alpha value is -1.91. The summed E-state index contributed by atoms with van der Waals surface area (Å²) >= 11 is 0. The predicted octanol–water partition coefficient (Wildman–Crippen LogP) is 1.89. The molecular formula is C15H19N3O. The fourth-order valence-corrected chi connectivity index (χ4v) is 2.05. The summed E-state index contributed by atoms with van der Waals surface area (Å²) in [7, 11) is 1.66. The molecule has 0 aliphatic heterocycles. The molecule has 0 aliphatic carbocycles. The molecule has 4 nitrogen and oxygen atoms in total. The Morgan fingerprint density at radius 2 is 2.00 bits per heavy atom. The molecule has 0 atom stereocenters. The van der Waals surface area contributed by atoms with Crippen LogP contribution < -0.4 is 11.3 Å². The van der Waals surface area contributed by atoms with E-state index < -0.39 is 0 Å². The number of nitrogens with two attached hydrogens (primary N) is 1. The van der Waals surface area contributed by atoms with E-state index in [0.717, 1.165) is 5.84 Å². The molecule has 0 fully saturated rings. The van der Waals surface area contributed by atoms with Gasteiger partial charge in [-0.05, 0) is 16.3 Å². The number of hydrazine groups is 1. The highest BCUT2D eigenvalue weighted by Gasteiger charge is 2.04. The van der Waals surface area contributed by atoms with Crippen molar-refractivity contribution in [3.05, 3.63) is 48.0 Å². The zero-order valence-electron chi connectivity index (χ0n) is 11.1. The van der Waals surface area contributed by atoms with Gasteiger partial charge < -0.3 is 10.2 Å². The molecule has 0 saturated carbocycles. The van der Waals surface area contributed by atoms with Gasteiger partial charge in [0.15, 0.2) is 0 Å². The van der Waals surface area contributed by atoms with Gasteiger partial charge in [-0.3, -0.25) is 4.99 Å². The first-order valence-electron chi connectivity index (χ1n) is 6.30. The number of nitrogens with zero attached hydrogens (tertiary/aromatic N) is 1. The van der Waals surface area contributed by atoms with Crippen molar-refractivity contribution in [2.75, 3.05) is 20.3 Å². The minimum absolute atomic E-state index is 0.598. The number of fused-ring (bicyclic) bond motifs is 1. The van der Waals surface area contributed by atoms with E-state index in [1.165, 1.54) is 16.3 Å². The lowest BCUT2D eigenvalue weighted by Gasteiger charge is -2.09. The molecule has 2 rings (SSSR count). The number of amidine groups is 1. The fraction of sp³-hybridized carbons (Fsp3) is 0.267. The molecule has 0 bridgehead atoms.